The predicted molar refractivity (Wildman–Crippen MR) is 266 cm³/mol. The average molecular weight is 811 g/mol. The largest absolute Gasteiger partial charge is 0.335 e. The van der Waals surface area contributed by atoms with Crippen LogP contribution in [0.5, 0.6) is 0 Å². The number of allylic oxidation sites excluding steroid dienone is 1. The van der Waals surface area contributed by atoms with E-state index in [2.05, 4.69) is 236 Å². The Bertz CT molecular complexity index is 2870. The zero-order valence-electron chi connectivity index (χ0n) is 38.4. The molecular formula is C57H59BN4. The van der Waals surface area contributed by atoms with E-state index in [1.165, 1.54) is 66.9 Å². The lowest BCUT2D eigenvalue weighted by atomic mass is 9.28. The Balaban J connectivity index is 1.36. The zero-order chi connectivity index (χ0) is 43.5. The van der Waals surface area contributed by atoms with Crippen LogP contribution in [0.2, 0.25) is 5.82 Å². The van der Waals surface area contributed by atoms with E-state index in [0.29, 0.717) is 0 Å². The van der Waals surface area contributed by atoms with E-state index in [-0.39, 0.29) is 34.8 Å². The van der Waals surface area contributed by atoms with Gasteiger partial charge in [0.15, 0.2) is 0 Å². The Kier molecular flexibility index (Phi) is 9.19. The molecule has 0 N–H and O–H groups in total. The van der Waals surface area contributed by atoms with Crippen molar-refractivity contribution in [2.24, 2.45) is 0 Å². The van der Waals surface area contributed by atoms with Crippen LogP contribution in [0.4, 0.5) is 22.7 Å². The summed E-state index contributed by atoms with van der Waals surface area (Å²) in [5, 5.41) is 0. The first kappa shape index (κ1) is 40.0. The summed E-state index contributed by atoms with van der Waals surface area (Å²) in [6, 6.07) is 50.1. The lowest BCUT2D eigenvalue weighted by Gasteiger charge is -2.51. The van der Waals surface area contributed by atoms with E-state index < -0.39 is 0 Å². The molecule has 4 nitrogen and oxygen atoms in total. The van der Waals surface area contributed by atoms with Crippen molar-refractivity contribution in [1.29, 1.82) is 0 Å². The SMILES string of the molecule is Cc1cccc(C)c1-c1nc2cc(C(C)(C)C)cc3c2n1C1=CC(N(c2ccccc2)c2ccccc2)=CC2C1B3c1cc(C(C)(C)C)ccc1N2c1ccc(C(C)(C)C)cc1. The maximum Gasteiger partial charge on any atom is 0.226 e. The number of aromatic nitrogens is 2. The third-order valence-corrected chi connectivity index (χ3v) is 13.7. The Morgan fingerprint density at radius 1 is 0.581 bits per heavy atom. The lowest BCUT2D eigenvalue weighted by Crippen LogP contribution is -2.61. The topological polar surface area (TPSA) is 24.3 Å². The van der Waals surface area contributed by atoms with Crippen molar-refractivity contribution < 1.29 is 0 Å². The summed E-state index contributed by atoms with van der Waals surface area (Å²) in [4.78, 5) is 10.9. The molecule has 62 heavy (non-hydrogen) atoms. The van der Waals surface area contributed by atoms with Crippen molar-refractivity contribution in [2.45, 2.75) is 104 Å². The van der Waals surface area contributed by atoms with E-state index in [9.17, 15) is 0 Å². The van der Waals surface area contributed by atoms with Gasteiger partial charge in [-0.3, -0.25) is 4.57 Å². The Morgan fingerprint density at radius 2 is 1.15 bits per heavy atom. The molecule has 3 aliphatic rings. The van der Waals surface area contributed by atoms with E-state index >= 15 is 0 Å². The van der Waals surface area contributed by atoms with Crippen LogP contribution in [0.3, 0.4) is 0 Å². The van der Waals surface area contributed by atoms with Crippen LogP contribution < -0.4 is 20.7 Å². The third kappa shape index (κ3) is 6.46. The van der Waals surface area contributed by atoms with Gasteiger partial charge in [-0.05, 0) is 130 Å². The highest BCUT2D eigenvalue weighted by molar-refractivity contribution is 6.91. The van der Waals surface area contributed by atoms with Gasteiger partial charge in [-0.1, -0.05) is 147 Å². The van der Waals surface area contributed by atoms with Gasteiger partial charge in [0.25, 0.3) is 0 Å². The second-order valence-electron chi connectivity index (χ2n) is 21.1. The first-order valence-electron chi connectivity index (χ1n) is 22.5. The van der Waals surface area contributed by atoms with Crippen LogP contribution in [0.15, 0.2) is 151 Å². The number of hydrogen-bond acceptors (Lipinski definition) is 3. The van der Waals surface area contributed by atoms with Crippen LogP contribution >= 0.6 is 0 Å². The van der Waals surface area contributed by atoms with E-state index in [0.717, 1.165) is 28.4 Å². The molecule has 3 heterocycles. The van der Waals surface area contributed by atoms with Gasteiger partial charge in [-0.15, -0.1) is 0 Å². The molecule has 0 amide bonds. The number of hydrogen-bond donors (Lipinski definition) is 0. The fourth-order valence-corrected chi connectivity index (χ4v) is 10.4. The number of imidazole rings is 1. The molecule has 0 saturated carbocycles. The van der Waals surface area contributed by atoms with E-state index in [1.54, 1.807) is 0 Å². The highest BCUT2D eigenvalue weighted by Gasteiger charge is 2.52. The molecule has 2 atom stereocenters. The van der Waals surface area contributed by atoms with E-state index in [1.807, 2.05) is 0 Å². The molecule has 5 heteroatoms. The van der Waals surface area contributed by atoms with Gasteiger partial charge < -0.3 is 9.80 Å². The van der Waals surface area contributed by atoms with Crippen LogP contribution in [0.25, 0.3) is 28.1 Å². The summed E-state index contributed by atoms with van der Waals surface area (Å²) < 4.78 is 2.58. The second kappa shape index (κ2) is 14.2. The zero-order valence-corrected chi connectivity index (χ0v) is 38.4. The fourth-order valence-electron chi connectivity index (χ4n) is 10.4. The fraction of sp³-hybridized carbons (Fsp3) is 0.281. The van der Waals surface area contributed by atoms with Crippen molar-refractivity contribution in [2.75, 3.05) is 9.80 Å². The number of rotatable bonds is 5. The number of para-hydroxylation sites is 2. The summed E-state index contributed by atoms with van der Waals surface area (Å²) in [6.07, 6.45) is 5.08. The lowest BCUT2D eigenvalue weighted by molar-refractivity contribution is 0.590. The van der Waals surface area contributed by atoms with Crippen molar-refractivity contribution in [3.8, 4) is 11.4 Å². The van der Waals surface area contributed by atoms with Crippen molar-refractivity contribution in [3.63, 3.8) is 0 Å². The maximum atomic E-state index is 5.74. The van der Waals surface area contributed by atoms with Gasteiger partial charge in [0.2, 0.25) is 6.71 Å². The maximum absolute atomic E-state index is 5.74. The average Bonchev–Trinajstić information content (AvgIpc) is 3.61. The minimum Gasteiger partial charge on any atom is -0.335 e. The summed E-state index contributed by atoms with van der Waals surface area (Å²) in [7, 11) is 0. The van der Waals surface area contributed by atoms with Crippen molar-refractivity contribution >= 4 is 57.1 Å². The molecule has 10 rings (SSSR count). The van der Waals surface area contributed by atoms with E-state index in [4.69, 9.17) is 4.98 Å². The molecule has 0 bridgehead atoms. The molecule has 310 valence electrons. The van der Waals surface area contributed by atoms with Crippen LogP contribution in [-0.4, -0.2) is 22.3 Å². The Hall–Kier alpha value is -6.07. The van der Waals surface area contributed by atoms with Crippen LogP contribution in [0, 0.1) is 13.8 Å². The quantitative estimate of drug-likeness (QED) is 0.162. The second-order valence-corrected chi connectivity index (χ2v) is 21.1. The summed E-state index contributed by atoms with van der Waals surface area (Å²) in [5.74, 6) is 1.09. The number of fused-ring (bicyclic) bond motifs is 4. The minimum atomic E-state index is -0.0696. The highest BCUT2D eigenvalue weighted by atomic mass is 15.2. The first-order chi connectivity index (χ1) is 29.5. The summed E-state index contributed by atoms with van der Waals surface area (Å²) >= 11 is 0. The number of anilines is 4. The van der Waals surface area contributed by atoms with Crippen LogP contribution in [0.1, 0.15) is 90.1 Å². The van der Waals surface area contributed by atoms with Crippen LogP contribution in [-0.2, 0) is 16.2 Å². The predicted octanol–water partition coefficient (Wildman–Crippen LogP) is 13.3. The molecule has 6 aromatic carbocycles. The smallest absolute Gasteiger partial charge is 0.226 e. The summed E-state index contributed by atoms with van der Waals surface area (Å²) in [5.41, 5.74) is 19.8. The first-order valence-corrected chi connectivity index (χ1v) is 22.5. The molecule has 1 aromatic heterocycles. The summed E-state index contributed by atoms with van der Waals surface area (Å²) in [6.45, 7) is 25.5. The Labute approximate surface area is 369 Å². The molecule has 0 fully saturated rings. The normalized spacial score (nSPS) is 17.1. The number of benzene rings is 6. The van der Waals surface area contributed by atoms with Crippen molar-refractivity contribution in [3.05, 3.63) is 179 Å². The molecule has 0 spiro atoms. The van der Waals surface area contributed by atoms with Gasteiger partial charge in [0, 0.05) is 45.5 Å². The van der Waals surface area contributed by atoms with Crippen molar-refractivity contribution in [1.82, 2.24) is 9.55 Å². The standard InChI is InChI=1S/C57H59BN4/c1-36-19-18-20-37(2)51(36)54-59-47-33-40(57(9,10)11)32-46-53(47)62(54)50-35-44(60(41-21-14-12-15-22-41)42-23-16-13-17-24-42)34-49-52(50)58(46)45-31-39(56(6,7)8)27-30-48(45)61(49)43-28-25-38(26-29-43)55(3,4)5/h12-35,49,52H,1-11H3. The molecule has 0 saturated heterocycles. The van der Waals surface area contributed by atoms with Gasteiger partial charge >= 0.3 is 0 Å². The molecule has 7 aromatic rings. The monoisotopic (exact) mass is 810 g/mol. The Morgan fingerprint density at radius 3 is 1.73 bits per heavy atom. The van der Waals surface area contributed by atoms with Gasteiger partial charge in [0.05, 0.1) is 17.1 Å². The minimum absolute atomic E-state index is 0.0240. The van der Waals surface area contributed by atoms with Gasteiger partial charge in [-0.2, -0.15) is 0 Å². The highest BCUT2D eigenvalue weighted by Crippen LogP contribution is 2.52. The number of nitrogens with zero attached hydrogens (tertiary/aromatic N) is 4. The number of aryl methyl sites for hydroxylation is 2. The molecule has 1 aliphatic carbocycles. The van der Waals surface area contributed by atoms with Gasteiger partial charge in [0.1, 0.15) is 5.82 Å². The molecular weight excluding hydrogens is 751 g/mol. The molecule has 2 unspecified atom stereocenters. The molecule has 2 aliphatic heterocycles. The molecule has 0 radical (unpaired) electrons. The van der Waals surface area contributed by atoms with Gasteiger partial charge in [-0.25, -0.2) is 4.98 Å². The third-order valence-electron chi connectivity index (χ3n) is 13.7.